The Morgan fingerprint density at radius 1 is 1.07 bits per heavy atom. The normalized spacial score (nSPS) is 13.1. The molecule has 1 fully saturated rings. The molecule has 148 valence electrons. The van der Waals surface area contributed by atoms with Crippen LogP contribution >= 0.6 is 23.2 Å². The van der Waals surface area contributed by atoms with E-state index in [4.69, 9.17) is 27.9 Å². The van der Waals surface area contributed by atoms with Crippen molar-refractivity contribution in [1.82, 2.24) is 5.32 Å². The van der Waals surface area contributed by atoms with Gasteiger partial charge in [0.1, 0.15) is 0 Å². The van der Waals surface area contributed by atoms with Gasteiger partial charge >= 0.3 is 6.03 Å². The van der Waals surface area contributed by atoms with E-state index in [9.17, 15) is 9.59 Å². The molecule has 0 bridgehead atoms. The molecule has 2 aromatic rings. The number of nitrogens with one attached hydrogen (secondary N) is 3. The van der Waals surface area contributed by atoms with Crippen LogP contribution in [0.4, 0.5) is 16.2 Å². The molecule has 0 radical (unpaired) electrons. The molecule has 0 saturated heterocycles. The molecule has 0 aliphatic heterocycles. The Hall–Kier alpha value is -2.28. The molecule has 0 heterocycles. The van der Waals surface area contributed by atoms with E-state index in [1.165, 1.54) is 12.8 Å². The molecule has 3 N–H and O–H groups in total. The lowest BCUT2D eigenvalue weighted by Crippen LogP contribution is -2.35. The summed E-state index contributed by atoms with van der Waals surface area (Å²) in [5.41, 5.74) is 2.00. The number of rotatable bonds is 8. The smallest absolute Gasteiger partial charge is 0.319 e. The number of halogens is 2. The van der Waals surface area contributed by atoms with Crippen LogP contribution in [0, 0.1) is 5.92 Å². The van der Waals surface area contributed by atoms with Crippen molar-refractivity contribution in [2.24, 2.45) is 5.92 Å². The van der Waals surface area contributed by atoms with Gasteiger partial charge in [-0.05, 0) is 54.7 Å². The van der Waals surface area contributed by atoms with Crippen molar-refractivity contribution >= 4 is 46.5 Å². The highest BCUT2D eigenvalue weighted by molar-refractivity contribution is 6.35. The highest BCUT2D eigenvalue weighted by atomic mass is 35.5. The van der Waals surface area contributed by atoms with Gasteiger partial charge in [-0.15, -0.1) is 0 Å². The fourth-order valence-electron chi connectivity index (χ4n) is 2.49. The average molecular weight is 422 g/mol. The van der Waals surface area contributed by atoms with Crippen LogP contribution in [-0.2, 0) is 16.1 Å². The molecule has 1 saturated carbocycles. The van der Waals surface area contributed by atoms with E-state index in [-0.39, 0.29) is 6.54 Å². The molecule has 3 rings (SSSR count). The Morgan fingerprint density at radius 2 is 1.89 bits per heavy atom. The molecule has 1 aliphatic carbocycles. The van der Waals surface area contributed by atoms with Crippen molar-refractivity contribution in [3.8, 4) is 0 Å². The van der Waals surface area contributed by atoms with Crippen LogP contribution < -0.4 is 16.0 Å². The molecule has 28 heavy (non-hydrogen) atoms. The minimum Gasteiger partial charge on any atom is -0.376 e. The SMILES string of the molecule is O=C(CNC(=O)Nc1cccc(COCC2CC2)c1)Nc1cc(Cl)ccc1Cl. The molecule has 0 aromatic heterocycles. The summed E-state index contributed by atoms with van der Waals surface area (Å²) >= 11 is 11.9. The highest BCUT2D eigenvalue weighted by Gasteiger charge is 2.21. The number of urea groups is 1. The third-order valence-electron chi connectivity index (χ3n) is 4.12. The largest absolute Gasteiger partial charge is 0.376 e. The van der Waals surface area contributed by atoms with E-state index < -0.39 is 11.9 Å². The molecule has 0 atom stereocenters. The summed E-state index contributed by atoms with van der Waals surface area (Å²) in [4.78, 5) is 24.0. The lowest BCUT2D eigenvalue weighted by molar-refractivity contribution is -0.115. The predicted octanol–water partition coefficient (Wildman–Crippen LogP) is 4.68. The Balaban J connectivity index is 1.43. The number of anilines is 2. The van der Waals surface area contributed by atoms with E-state index in [2.05, 4.69) is 16.0 Å². The van der Waals surface area contributed by atoms with E-state index in [1.807, 2.05) is 18.2 Å². The molecule has 2 aromatic carbocycles. The van der Waals surface area contributed by atoms with E-state index in [0.29, 0.717) is 33.9 Å². The van der Waals surface area contributed by atoms with Crippen LogP contribution in [0.25, 0.3) is 0 Å². The van der Waals surface area contributed by atoms with Gasteiger partial charge in [0.2, 0.25) is 5.91 Å². The first-order chi connectivity index (χ1) is 13.5. The van der Waals surface area contributed by atoms with Crippen molar-refractivity contribution in [2.75, 3.05) is 23.8 Å². The molecule has 1 aliphatic rings. The Morgan fingerprint density at radius 3 is 2.68 bits per heavy atom. The molecule has 3 amide bonds. The Labute approximate surface area is 173 Å². The second-order valence-electron chi connectivity index (χ2n) is 6.64. The first kappa shape index (κ1) is 20.5. The second kappa shape index (κ2) is 9.78. The molecule has 6 nitrogen and oxygen atoms in total. The van der Waals surface area contributed by atoms with Crippen LogP contribution in [0.1, 0.15) is 18.4 Å². The van der Waals surface area contributed by atoms with Crippen LogP contribution in [0.15, 0.2) is 42.5 Å². The summed E-state index contributed by atoms with van der Waals surface area (Å²) in [5.74, 6) is 0.293. The first-order valence-corrected chi connectivity index (χ1v) is 9.71. The van der Waals surface area contributed by atoms with Gasteiger partial charge in [0.15, 0.2) is 0 Å². The van der Waals surface area contributed by atoms with Gasteiger partial charge in [0.25, 0.3) is 0 Å². The van der Waals surface area contributed by atoms with Gasteiger partial charge < -0.3 is 20.7 Å². The van der Waals surface area contributed by atoms with Crippen molar-refractivity contribution in [3.05, 3.63) is 58.1 Å². The van der Waals surface area contributed by atoms with E-state index in [0.717, 1.165) is 12.2 Å². The van der Waals surface area contributed by atoms with Gasteiger partial charge in [-0.25, -0.2) is 4.79 Å². The molecular formula is C20H21Cl2N3O3. The Bertz CT molecular complexity index is 856. The zero-order chi connectivity index (χ0) is 19.9. The minimum absolute atomic E-state index is 0.209. The van der Waals surface area contributed by atoms with Crippen molar-refractivity contribution in [2.45, 2.75) is 19.4 Å². The van der Waals surface area contributed by atoms with Crippen LogP contribution in [0.2, 0.25) is 10.0 Å². The fourth-order valence-corrected chi connectivity index (χ4v) is 2.83. The maximum Gasteiger partial charge on any atom is 0.319 e. The van der Waals surface area contributed by atoms with Gasteiger partial charge in [0, 0.05) is 17.3 Å². The lowest BCUT2D eigenvalue weighted by Gasteiger charge is -2.10. The third kappa shape index (κ3) is 6.71. The number of hydrogen-bond acceptors (Lipinski definition) is 3. The van der Waals surface area contributed by atoms with Crippen molar-refractivity contribution in [1.29, 1.82) is 0 Å². The molecular weight excluding hydrogens is 401 g/mol. The van der Waals surface area contributed by atoms with Gasteiger partial charge in [-0.1, -0.05) is 35.3 Å². The maximum absolute atomic E-state index is 12.0. The molecule has 8 heteroatoms. The van der Waals surface area contributed by atoms with Crippen molar-refractivity contribution in [3.63, 3.8) is 0 Å². The molecule has 0 unspecified atom stereocenters. The lowest BCUT2D eigenvalue weighted by atomic mass is 10.2. The monoisotopic (exact) mass is 421 g/mol. The fraction of sp³-hybridized carbons (Fsp3) is 0.300. The second-order valence-corrected chi connectivity index (χ2v) is 7.48. The maximum atomic E-state index is 12.0. The number of amides is 3. The third-order valence-corrected chi connectivity index (χ3v) is 4.68. The quantitative estimate of drug-likeness (QED) is 0.578. The summed E-state index contributed by atoms with van der Waals surface area (Å²) in [6, 6.07) is 11.7. The zero-order valence-corrected chi connectivity index (χ0v) is 16.6. The van der Waals surface area contributed by atoms with E-state index >= 15 is 0 Å². The Kier molecular flexibility index (Phi) is 7.14. The topological polar surface area (TPSA) is 79.5 Å². The van der Waals surface area contributed by atoms with Crippen LogP contribution in [-0.4, -0.2) is 25.1 Å². The van der Waals surface area contributed by atoms with E-state index in [1.54, 1.807) is 24.3 Å². The summed E-state index contributed by atoms with van der Waals surface area (Å²) in [6.07, 6.45) is 2.50. The predicted molar refractivity (Wildman–Crippen MR) is 111 cm³/mol. The minimum atomic E-state index is -0.483. The zero-order valence-electron chi connectivity index (χ0n) is 15.1. The number of hydrogen-bond donors (Lipinski definition) is 3. The summed E-state index contributed by atoms with van der Waals surface area (Å²) in [5, 5.41) is 8.62. The summed E-state index contributed by atoms with van der Waals surface area (Å²) in [7, 11) is 0. The van der Waals surface area contributed by atoms with Crippen molar-refractivity contribution < 1.29 is 14.3 Å². The van der Waals surface area contributed by atoms with Gasteiger partial charge in [0.05, 0.1) is 23.9 Å². The highest BCUT2D eigenvalue weighted by Crippen LogP contribution is 2.29. The number of benzene rings is 2. The first-order valence-electron chi connectivity index (χ1n) is 8.96. The summed E-state index contributed by atoms with van der Waals surface area (Å²) in [6.45, 7) is 1.08. The summed E-state index contributed by atoms with van der Waals surface area (Å²) < 4.78 is 5.66. The number of carbonyl (C=O) groups excluding carboxylic acids is 2. The van der Waals surface area contributed by atoms with Gasteiger partial charge in [-0.2, -0.15) is 0 Å². The van der Waals surface area contributed by atoms with Crippen LogP contribution in [0.5, 0.6) is 0 Å². The average Bonchev–Trinajstić information content (AvgIpc) is 3.48. The van der Waals surface area contributed by atoms with Gasteiger partial charge in [-0.3, -0.25) is 4.79 Å². The molecule has 0 spiro atoms. The number of carbonyl (C=O) groups is 2. The van der Waals surface area contributed by atoms with Crippen LogP contribution in [0.3, 0.4) is 0 Å². The standard InChI is InChI=1S/C20H21Cl2N3O3/c21-15-6-7-17(22)18(9-15)25-19(26)10-23-20(27)24-16-3-1-2-14(8-16)12-28-11-13-4-5-13/h1-3,6-9,13H,4-5,10-12H2,(H,25,26)(H2,23,24,27). The number of ether oxygens (including phenoxy) is 1.